The van der Waals surface area contributed by atoms with Crippen LogP contribution >= 0.6 is 7.75 Å². The average molecular weight is 536 g/mol. The second kappa shape index (κ2) is 11.4. The highest BCUT2D eigenvalue weighted by molar-refractivity contribution is 7.51. The van der Waals surface area contributed by atoms with Gasteiger partial charge in [0, 0.05) is 12.1 Å². The van der Waals surface area contributed by atoms with Gasteiger partial charge in [-0.05, 0) is 33.3 Å². The van der Waals surface area contributed by atoms with Gasteiger partial charge in [0.2, 0.25) is 0 Å². The predicted octanol–water partition coefficient (Wildman–Crippen LogP) is 2.86. The third-order valence-corrected chi connectivity index (χ3v) is 7.92. The fourth-order valence-electron chi connectivity index (χ4n) is 4.25. The number of nitrogen functional groups attached to an aromatic ring is 1. The zero-order valence-electron chi connectivity index (χ0n) is 21.3. The number of fused-ring (bicyclic) bond motifs is 1. The van der Waals surface area contributed by atoms with Gasteiger partial charge in [-0.15, -0.1) is 0 Å². The molecule has 202 valence electrons. The Morgan fingerprint density at radius 2 is 2.14 bits per heavy atom. The minimum absolute atomic E-state index is 0.249. The van der Waals surface area contributed by atoms with Gasteiger partial charge in [-0.1, -0.05) is 31.2 Å². The fraction of sp³-hybridized carbons (Fsp3) is 0.542. The molecule has 4 rings (SSSR count). The van der Waals surface area contributed by atoms with E-state index < -0.39 is 44.3 Å². The van der Waals surface area contributed by atoms with E-state index in [0.29, 0.717) is 23.3 Å². The van der Waals surface area contributed by atoms with Crippen molar-refractivity contribution in [3.05, 3.63) is 42.9 Å². The van der Waals surface area contributed by atoms with Crippen molar-refractivity contribution in [3.63, 3.8) is 0 Å². The first kappa shape index (κ1) is 27.4. The van der Waals surface area contributed by atoms with Crippen molar-refractivity contribution in [2.75, 3.05) is 12.3 Å². The number of aromatic nitrogens is 3. The summed E-state index contributed by atoms with van der Waals surface area (Å²) in [6.45, 7) is 6.55. The van der Waals surface area contributed by atoms with Gasteiger partial charge in [0.15, 0.2) is 0 Å². The molecule has 3 heterocycles. The third kappa shape index (κ3) is 6.28. The van der Waals surface area contributed by atoms with Crippen LogP contribution in [0.3, 0.4) is 0 Å². The molecule has 0 bridgehead atoms. The number of nitrogens with two attached hydrogens (primary N) is 1. The van der Waals surface area contributed by atoms with E-state index in [2.05, 4.69) is 15.1 Å². The highest BCUT2D eigenvalue weighted by Gasteiger charge is 2.44. The Balaban J connectivity index is 1.48. The Morgan fingerprint density at radius 1 is 1.35 bits per heavy atom. The van der Waals surface area contributed by atoms with E-state index in [0.717, 1.165) is 0 Å². The van der Waals surface area contributed by atoms with Gasteiger partial charge in [0.25, 0.3) is 0 Å². The van der Waals surface area contributed by atoms with Gasteiger partial charge < -0.3 is 24.9 Å². The van der Waals surface area contributed by atoms with Crippen molar-refractivity contribution in [3.8, 4) is 0 Å². The molecule has 37 heavy (non-hydrogen) atoms. The number of nitrogens with zero attached hydrogens (tertiary/aromatic N) is 3. The lowest BCUT2D eigenvalue weighted by atomic mass is 10.0. The smallest absolute Gasteiger partial charge is 0.406 e. The van der Waals surface area contributed by atoms with E-state index in [1.807, 2.05) is 19.1 Å². The van der Waals surface area contributed by atoms with Crippen LogP contribution in [0.2, 0.25) is 0 Å². The zero-order chi connectivity index (χ0) is 26.7. The first-order chi connectivity index (χ1) is 17.6. The largest absolute Gasteiger partial charge is 0.462 e. The van der Waals surface area contributed by atoms with Crippen LogP contribution in [0.15, 0.2) is 42.9 Å². The van der Waals surface area contributed by atoms with Crippen molar-refractivity contribution in [2.24, 2.45) is 5.92 Å². The fourth-order valence-corrected chi connectivity index (χ4v) is 5.88. The number of aliphatic hydroxyl groups excluding tert-OH is 1. The topological polar surface area (TPSA) is 160 Å². The van der Waals surface area contributed by atoms with Crippen LogP contribution in [0.1, 0.15) is 40.3 Å². The number of aliphatic hydroxyl groups is 1. The quantitative estimate of drug-likeness (QED) is 0.303. The van der Waals surface area contributed by atoms with Crippen LogP contribution < -0.4 is 10.8 Å². The lowest BCUT2D eigenvalue weighted by Gasteiger charge is -2.27. The summed E-state index contributed by atoms with van der Waals surface area (Å²) in [5.74, 6) is -0.594. The van der Waals surface area contributed by atoms with Gasteiger partial charge in [-0.3, -0.25) is 13.8 Å². The van der Waals surface area contributed by atoms with Crippen LogP contribution in [0.25, 0.3) is 11.0 Å². The summed E-state index contributed by atoms with van der Waals surface area (Å²) in [7, 11) is -4.04. The Bertz CT molecular complexity index is 1220. The van der Waals surface area contributed by atoms with E-state index in [4.69, 9.17) is 24.3 Å². The molecule has 2 unspecified atom stereocenters. The minimum atomic E-state index is -4.04. The van der Waals surface area contributed by atoms with Crippen LogP contribution in [-0.2, 0) is 27.9 Å². The number of nitrogens with one attached hydrogen (secondary N) is 1. The summed E-state index contributed by atoms with van der Waals surface area (Å²) in [5.41, 5.74) is 6.52. The molecule has 12 nitrogen and oxygen atoms in total. The van der Waals surface area contributed by atoms with Crippen LogP contribution in [-0.4, -0.2) is 62.7 Å². The zero-order valence-corrected chi connectivity index (χ0v) is 22.2. The Morgan fingerprint density at radius 3 is 2.84 bits per heavy atom. The summed E-state index contributed by atoms with van der Waals surface area (Å²) in [5, 5.41) is 14.3. The standard InChI is InChI=1S/C24H34N5O7P/c1-14(2)34-24(31)16(4)28-37(32,36-17-8-6-5-7-9-17)33-12-19-20(30)15(3)23(35-19)29-11-10-18-21(25)26-13-27-22(18)29/h5-8,10-11,13-17,19-20,23,30H,9,12H2,1-4H3,(H,28,32)(H2,25,26,27)/t15-,16+,17?,19+,20-,23+,37?/m0/s1. The molecular formula is C24H34N5O7P. The van der Waals surface area contributed by atoms with E-state index in [9.17, 15) is 14.5 Å². The van der Waals surface area contributed by atoms with Gasteiger partial charge in [0.1, 0.15) is 36.2 Å². The first-order valence-corrected chi connectivity index (χ1v) is 13.8. The molecule has 4 N–H and O–H groups in total. The molecule has 2 aromatic rings. The number of anilines is 1. The van der Waals surface area contributed by atoms with Crippen LogP contribution in [0, 0.1) is 5.92 Å². The average Bonchev–Trinajstić information content (AvgIpc) is 3.40. The maximum Gasteiger partial charge on any atom is 0.406 e. The third-order valence-electron chi connectivity index (χ3n) is 6.18. The SMILES string of the molecule is CC(C)OC(=O)[C@@H](C)NP(=O)(OC[C@H]1O[C@@H](n2ccc3c(N)ncnc32)[C@@H](C)[C@@H]1O)OC1C=CC=CC1. The summed E-state index contributed by atoms with van der Waals surface area (Å²) in [6.07, 6.45) is 7.70. The van der Waals surface area contributed by atoms with Crippen molar-refractivity contribution >= 4 is 30.6 Å². The molecule has 0 spiro atoms. The van der Waals surface area contributed by atoms with E-state index in [-0.39, 0.29) is 18.6 Å². The second-order valence-electron chi connectivity index (χ2n) is 9.46. The molecule has 1 fully saturated rings. The maximum absolute atomic E-state index is 13.8. The molecule has 2 aliphatic rings. The minimum Gasteiger partial charge on any atom is -0.462 e. The van der Waals surface area contributed by atoms with Gasteiger partial charge in [-0.25, -0.2) is 19.6 Å². The normalized spacial score (nSPS) is 28.0. The number of carbonyl (C=O) groups excluding carboxylic acids is 1. The molecule has 0 aromatic carbocycles. The van der Waals surface area contributed by atoms with Crippen LogP contribution in [0.5, 0.6) is 0 Å². The van der Waals surface area contributed by atoms with Crippen LogP contribution in [0.4, 0.5) is 5.82 Å². The Labute approximate surface area is 215 Å². The number of hydrogen-bond donors (Lipinski definition) is 3. The summed E-state index contributed by atoms with van der Waals surface area (Å²) < 4.78 is 38.4. The number of hydrogen-bond acceptors (Lipinski definition) is 10. The molecular weight excluding hydrogens is 501 g/mol. The predicted molar refractivity (Wildman–Crippen MR) is 136 cm³/mol. The van der Waals surface area contributed by atoms with Crippen molar-refractivity contribution in [1.29, 1.82) is 0 Å². The summed E-state index contributed by atoms with van der Waals surface area (Å²) in [6, 6.07) is 0.820. The van der Waals surface area contributed by atoms with E-state index in [1.165, 1.54) is 13.3 Å². The number of allylic oxidation sites excluding steroid dienone is 2. The molecule has 13 heteroatoms. The van der Waals surface area contributed by atoms with Crippen molar-refractivity contribution in [1.82, 2.24) is 19.6 Å². The number of esters is 1. The summed E-state index contributed by atoms with van der Waals surface area (Å²) in [4.78, 5) is 20.7. The van der Waals surface area contributed by atoms with Crippen molar-refractivity contribution in [2.45, 2.75) is 70.8 Å². The number of carbonyl (C=O) groups is 1. The van der Waals surface area contributed by atoms with E-state index in [1.54, 1.807) is 42.8 Å². The molecule has 0 saturated carbocycles. The monoisotopic (exact) mass is 535 g/mol. The molecule has 2 aromatic heterocycles. The molecule has 0 amide bonds. The maximum atomic E-state index is 13.8. The number of rotatable bonds is 10. The molecule has 7 atom stereocenters. The molecule has 1 aliphatic carbocycles. The molecule has 1 saturated heterocycles. The summed E-state index contributed by atoms with van der Waals surface area (Å²) >= 11 is 0. The van der Waals surface area contributed by atoms with E-state index >= 15 is 0 Å². The Kier molecular flexibility index (Phi) is 8.47. The lowest BCUT2D eigenvalue weighted by Crippen LogP contribution is -2.37. The highest BCUT2D eigenvalue weighted by Crippen LogP contribution is 2.48. The lowest BCUT2D eigenvalue weighted by molar-refractivity contribution is -0.149. The first-order valence-electron chi connectivity index (χ1n) is 12.2. The number of ether oxygens (including phenoxy) is 2. The van der Waals surface area contributed by atoms with Crippen molar-refractivity contribution < 1.29 is 33.0 Å². The van der Waals surface area contributed by atoms with Gasteiger partial charge in [-0.2, -0.15) is 0 Å². The second-order valence-corrected chi connectivity index (χ2v) is 11.2. The van der Waals surface area contributed by atoms with Gasteiger partial charge in [0.05, 0.1) is 30.3 Å². The highest BCUT2D eigenvalue weighted by atomic mass is 31.2. The molecule has 0 radical (unpaired) electrons. The Hall–Kier alpha value is -2.60. The molecule has 1 aliphatic heterocycles. The van der Waals surface area contributed by atoms with Gasteiger partial charge >= 0.3 is 13.7 Å².